The van der Waals surface area contributed by atoms with Crippen molar-refractivity contribution >= 4 is 21.8 Å². The van der Waals surface area contributed by atoms with Gasteiger partial charge >= 0.3 is 0 Å². The second kappa shape index (κ2) is 8.36. The molecule has 196 valence electrons. The molecule has 2 aromatic carbocycles. The number of carbonyl (C=O) groups excluding carboxylic acids is 2. The number of halogens is 1. The highest BCUT2D eigenvalue weighted by molar-refractivity contribution is 7.89. The van der Waals surface area contributed by atoms with Gasteiger partial charge in [0.1, 0.15) is 11.4 Å². The first-order chi connectivity index (χ1) is 17.6. The molecule has 3 N–H and O–H groups in total. The number of hydrogen-bond donors (Lipinski definition) is 2. The summed E-state index contributed by atoms with van der Waals surface area (Å²) in [6.45, 7) is 0. The Balaban J connectivity index is 1.21. The fourth-order valence-corrected chi connectivity index (χ4v) is 9.08. The molecule has 0 heterocycles. The number of nitrogens with one attached hydrogen (secondary N) is 1. The van der Waals surface area contributed by atoms with Gasteiger partial charge in [-0.05, 0) is 80.4 Å². The average molecular weight is 526 g/mol. The van der Waals surface area contributed by atoms with Crippen LogP contribution in [0.25, 0.3) is 11.1 Å². The molecule has 2 aromatic rings. The summed E-state index contributed by atoms with van der Waals surface area (Å²) in [5.74, 6) is -0.339. The lowest BCUT2D eigenvalue weighted by atomic mass is 9.47. The fraction of sp³-hybridized carbons (Fsp3) is 0.500. The number of benzene rings is 2. The van der Waals surface area contributed by atoms with Crippen LogP contribution in [0.15, 0.2) is 53.4 Å². The van der Waals surface area contributed by atoms with Crippen LogP contribution in [0.3, 0.4) is 0 Å². The van der Waals surface area contributed by atoms with Crippen LogP contribution in [0.1, 0.15) is 44.9 Å². The van der Waals surface area contributed by atoms with Crippen molar-refractivity contribution in [2.75, 3.05) is 7.05 Å². The largest absolute Gasteiger partial charge is 0.369 e. The van der Waals surface area contributed by atoms with E-state index in [1.165, 1.54) is 19.2 Å². The molecule has 5 aliphatic carbocycles. The van der Waals surface area contributed by atoms with Gasteiger partial charge in [-0.15, -0.1) is 0 Å². The number of carbonyl (C=O) groups is 2. The van der Waals surface area contributed by atoms with Crippen molar-refractivity contribution in [2.45, 2.75) is 61.4 Å². The predicted molar refractivity (Wildman–Crippen MR) is 136 cm³/mol. The van der Waals surface area contributed by atoms with Crippen molar-refractivity contribution < 1.29 is 22.4 Å². The van der Waals surface area contributed by atoms with Crippen LogP contribution >= 0.6 is 0 Å². The zero-order valence-corrected chi connectivity index (χ0v) is 21.6. The van der Waals surface area contributed by atoms with Gasteiger partial charge in [-0.2, -0.15) is 4.31 Å². The Morgan fingerprint density at radius 3 is 2.24 bits per heavy atom. The summed E-state index contributed by atoms with van der Waals surface area (Å²) in [5.41, 5.74) is 5.13. The number of sulfonamides is 1. The summed E-state index contributed by atoms with van der Waals surface area (Å²) >= 11 is 0. The number of primary amides is 1. The molecule has 5 fully saturated rings. The predicted octanol–water partition coefficient (Wildman–Crippen LogP) is 3.44. The number of rotatable bonds is 7. The van der Waals surface area contributed by atoms with E-state index in [0.29, 0.717) is 42.7 Å². The number of nitrogens with zero attached hydrogens (tertiary/aromatic N) is 1. The zero-order chi connectivity index (χ0) is 26.2. The quantitative estimate of drug-likeness (QED) is 0.577. The standard InChI is InChI=1S/C28H32FN3O4S/c1-32(37(35,36)21-7-8-22(23(29)13-21)18-5-3-2-4-6-18)28(9-10-28)26(34)31-24-19-11-17-12-20(24)16-27(14-17,15-19)25(30)33/h2-8,13,17,19-20,24H,9-12,14-16H2,1H3,(H2,30,33)(H,31,34). The molecule has 0 aromatic heterocycles. The van der Waals surface area contributed by atoms with Crippen LogP contribution in [0.2, 0.25) is 0 Å². The first-order valence-corrected chi connectivity index (χ1v) is 14.4. The molecule has 2 unspecified atom stereocenters. The van der Waals surface area contributed by atoms with Gasteiger partial charge in [-0.3, -0.25) is 9.59 Å². The van der Waals surface area contributed by atoms with E-state index in [2.05, 4.69) is 5.32 Å². The van der Waals surface area contributed by atoms with Gasteiger partial charge in [0.05, 0.1) is 4.90 Å². The molecule has 37 heavy (non-hydrogen) atoms. The van der Waals surface area contributed by atoms with Gasteiger partial charge < -0.3 is 11.1 Å². The number of nitrogens with two attached hydrogens (primary N) is 1. The van der Waals surface area contributed by atoms with Gasteiger partial charge in [0.2, 0.25) is 21.8 Å². The third-order valence-corrected chi connectivity index (χ3v) is 11.4. The monoisotopic (exact) mass is 525 g/mol. The van der Waals surface area contributed by atoms with E-state index in [1.54, 1.807) is 24.3 Å². The van der Waals surface area contributed by atoms with Crippen molar-refractivity contribution in [1.29, 1.82) is 0 Å². The van der Waals surface area contributed by atoms with Gasteiger partial charge in [0.25, 0.3) is 0 Å². The molecule has 0 saturated heterocycles. The highest BCUT2D eigenvalue weighted by Gasteiger charge is 2.61. The lowest BCUT2D eigenvalue weighted by Gasteiger charge is -2.59. The molecule has 4 bridgehead atoms. The maximum Gasteiger partial charge on any atom is 0.243 e. The number of hydrogen-bond acceptors (Lipinski definition) is 4. The van der Waals surface area contributed by atoms with Gasteiger partial charge in [0, 0.05) is 24.1 Å². The first-order valence-electron chi connectivity index (χ1n) is 13.0. The molecule has 0 spiro atoms. The third-order valence-electron chi connectivity index (χ3n) is 9.53. The summed E-state index contributed by atoms with van der Waals surface area (Å²) in [7, 11) is -2.70. The van der Waals surface area contributed by atoms with E-state index in [-0.39, 0.29) is 34.6 Å². The summed E-state index contributed by atoms with van der Waals surface area (Å²) < 4.78 is 43.1. The van der Waals surface area contributed by atoms with Gasteiger partial charge in [0.15, 0.2) is 0 Å². The summed E-state index contributed by atoms with van der Waals surface area (Å²) in [6.07, 6.45) is 4.98. The van der Waals surface area contributed by atoms with Crippen LogP contribution in [-0.4, -0.2) is 43.2 Å². The Morgan fingerprint density at radius 1 is 1.03 bits per heavy atom. The van der Waals surface area contributed by atoms with Crippen molar-refractivity contribution in [2.24, 2.45) is 28.9 Å². The smallest absolute Gasteiger partial charge is 0.243 e. The van der Waals surface area contributed by atoms with Crippen molar-refractivity contribution in [3.8, 4) is 11.1 Å². The Labute approximate surface area is 216 Å². The Morgan fingerprint density at radius 2 is 1.68 bits per heavy atom. The molecule has 0 radical (unpaired) electrons. The molecule has 5 aliphatic rings. The molecular formula is C28H32FN3O4S. The molecule has 7 rings (SSSR count). The summed E-state index contributed by atoms with van der Waals surface area (Å²) in [4.78, 5) is 25.6. The lowest BCUT2D eigenvalue weighted by molar-refractivity contribution is -0.148. The average Bonchev–Trinajstić information content (AvgIpc) is 3.68. The molecular weight excluding hydrogens is 493 g/mol. The Kier molecular flexibility index (Phi) is 5.55. The van der Waals surface area contributed by atoms with Crippen molar-refractivity contribution in [3.05, 3.63) is 54.3 Å². The highest BCUT2D eigenvalue weighted by atomic mass is 32.2. The van der Waals surface area contributed by atoms with Gasteiger partial charge in [-0.25, -0.2) is 12.8 Å². The normalized spacial score (nSPS) is 31.3. The van der Waals surface area contributed by atoms with Crippen LogP contribution in [0.4, 0.5) is 4.39 Å². The van der Waals surface area contributed by atoms with Gasteiger partial charge in [-0.1, -0.05) is 36.4 Å². The topological polar surface area (TPSA) is 110 Å². The maximum absolute atomic E-state index is 15.0. The zero-order valence-electron chi connectivity index (χ0n) is 20.8. The van der Waals surface area contributed by atoms with E-state index in [9.17, 15) is 22.4 Å². The molecule has 9 heteroatoms. The fourth-order valence-electron chi connectivity index (χ4n) is 7.55. The van der Waals surface area contributed by atoms with Crippen molar-refractivity contribution in [3.63, 3.8) is 0 Å². The SMILES string of the molecule is CN(C1(C(=O)NC2C3CC4CC2CC(C(N)=O)(C4)C3)CC1)S(=O)(=O)c1ccc(-c2ccccc2)c(F)c1. The summed E-state index contributed by atoms with van der Waals surface area (Å²) in [6, 6.07) is 12.8. The van der Waals surface area contributed by atoms with E-state index < -0.39 is 26.8 Å². The number of amides is 2. The Hall–Kier alpha value is -2.78. The van der Waals surface area contributed by atoms with Crippen LogP contribution in [0, 0.1) is 29.0 Å². The minimum absolute atomic E-state index is 0.0762. The van der Waals surface area contributed by atoms with Crippen LogP contribution in [-0.2, 0) is 19.6 Å². The van der Waals surface area contributed by atoms with Crippen LogP contribution in [0.5, 0.6) is 0 Å². The highest BCUT2D eigenvalue weighted by Crippen LogP contribution is 2.60. The van der Waals surface area contributed by atoms with Crippen molar-refractivity contribution in [1.82, 2.24) is 9.62 Å². The molecule has 2 atom stereocenters. The third kappa shape index (κ3) is 3.81. The van der Waals surface area contributed by atoms with E-state index in [1.807, 2.05) is 6.07 Å². The van der Waals surface area contributed by atoms with Crippen LogP contribution < -0.4 is 11.1 Å². The molecule has 0 aliphatic heterocycles. The van der Waals surface area contributed by atoms with E-state index in [4.69, 9.17) is 5.73 Å². The molecule has 5 saturated carbocycles. The molecule has 2 amide bonds. The Bertz CT molecular complexity index is 1360. The first kappa shape index (κ1) is 24.6. The second-order valence-corrected chi connectivity index (χ2v) is 13.6. The minimum Gasteiger partial charge on any atom is -0.369 e. The summed E-state index contributed by atoms with van der Waals surface area (Å²) in [5, 5.41) is 3.20. The number of likely N-dealkylation sites (N-methyl/N-ethyl adjacent to an activating group) is 1. The minimum atomic E-state index is -4.11. The van der Waals surface area contributed by atoms with E-state index in [0.717, 1.165) is 29.6 Å². The maximum atomic E-state index is 15.0. The lowest BCUT2D eigenvalue weighted by Crippen LogP contribution is -2.64. The van der Waals surface area contributed by atoms with E-state index >= 15 is 0 Å². The molecule has 7 nitrogen and oxygen atoms in total. The second-order valence-electron chi connectivity index (χ2n) is 11.6.